The number of carbonyl (C=O) groups excluding carboxylic acids is 2. The SMILES string of the molecule is C[C@@H]1C=C[C@@H]2C(=O)N(Cc3ccccc3)C(=O)[C@H]2[C@H]1C(=O)O. The number of carbonyl (C=O) groups is 3. The fraction of sp³-hybridized carbons (Fsp3) is 0.353. The van der Waals surface area contributed by atoms with Crippen molar-refractivity contribution in [3.63, 3.8) is 0 Å². The predicted molar refractivity (Wildman–Crippen MR) is 78.4 cm³/mol. The van der Waals surface area contributed by atoms with E-state index in [0.717, 1.165) is 5.56 Å². The Balaban J connectivity index is 1.91. The maximum absolute atomic E-state index is 12.6. The lowest BCUT2D eigenvalue weighted by Crippen LogP contribution is -2.38. The van der Waals surface area contributed by atoms with E-state index in [9.17, 15) is 19.5 Å². The largest absolute Gasteiger partial charge is 0.481 e. The zero-order chi connectivity index (χ0) is 15.9. The molecule has 5 nitrogen and oxygen atoms in total. The average Bonchev–Trinajstić information content (AvgIpc) is 2.73. The summed E-state index contributed by atoms with van der Waals surface area (Å²) in [5.74, 6) is -4.22. The van der Waals surface area contributed by atoms with Gasteiger partial charge in [-0.2, -0.15) is 0 Å². The van der Waals surface area contributed by atoms with Crippen molar-refractivity contribution in [2.24, 2.45) is 23.7 Å². The molecule has 0 saturated carbocycles. The third kappa shape index (κ3) is 2.22. The Hall–Kier alpha value is -2.43. The van der Waals surface area contributed by atoms with Crippen LogP contribution in [0.4, 0.5) is 0 Å². The number of fused-ring (bicyclic) bond motifs is 1. The highest BCUT2D eigenvalue weighted by Crippen LogP contribution is 2.41. The van der Waals surface area contributed by atoms with Crippen molar-refractivity contribution in [2.75, 3.05) is 0 Å². The molecule has 1 aliphatic heterocycles. The van der Waals surface area contributed by atoms with Crippen LogP contribution in [0.2, 0.25) is 0 Å². The van der Waals surface area contributed by atoms with Crippen molar-refractivity contribution in [3.8, 4) is 0 Å². The van der Waals surface area contributed by atoms with Crippen LogP contribution in [-0.4, -0.2) is 27.8 Å². The van der Waals surface area contributed by atoms with Crippen molar-refractivity contribution in [1.29, 1.82) is 0 Å². The van der Waals surface area contributed by atoms with Gasteiger partial charge in [-0.15, -0.1) is 0 Å². The zero-order valence-corrected chi connectivity index (χ0v) is 12.2. The zero-order valence-electron chi connectivity index (χ0n) is 12.2. The molecule has 0 bridgehead atoms. The van der Waals surface area contributed by atoms with Crippen molar-refractivity contribution in [2.45, 2.75) is 13.5 Å². The molecular weight excluding hydrogens is 282 g/mol. The number of carboxylic acid groups (broad SMARTS) is 1. The maximum Gasteiger partial charge on any atom is 0.307 e. The van der Waals surface area contributed by atoms with E-state index in [2.05, 4.69) is 0 Å². The van der Waals surface area contributed by atoms with E-state index < -0.39 is 23.7 Å². The minimum absolute atomic E-state index is 0.195. The lowest BCUT2D eigenvalue weighted by atomic mass is 9.72. The number of likely N-dealkylation sites (tertiary alicyclic amines) is 1. The topological polar surface area (TPSA) is 74.7 Å². The van der Waals surface area contributed by atoms with Gasteiger partial charge in [0.1, 0.15) is 0 Å². The van der Waals surface area contributed by atoms with E-state index in [0.29, 0.717) is 0 Å². The van der Waals surface area contributed by atoms with Crippen LogP contribution in [0.1, 0.15) is 12.5 Å². The van der Waals surface area contributed by atoms with Crippen molar-refractivity contribution in [3.05, 3.63) is 48.0 Å². The number of allylic oxidation sites excluding steroid dienone is 1. The van der Waals surface area contributed by atoms with Gasteiger partial charge in [-0.1, -0.05) is 49.4 Å². The van der Waals surface area contributed by atoms with Gasteiger partial charge in [0.25, 0.3) is 0 Å². The van der Waals surface area contributed by atoms with Crippen LogP contribution in [0, 0.1) is 23.7 Å². The van der Waals surface area contributed by atoms with E-state index >= 15 is 0 Å². The number of nitrogens with zero attached hydrogens (tertiary/aromatic N) is 1. The van der Waals surface area contributed by atoms with E-state index in [4.69, 9.17) is 0 Å². The lowest BCUT2D eigenvalue weighted by Gasteiger charge is -2.28. The van der Waals surface area contributed by atoms with Gasteiger partial charge in [-0.05, 0) is 11.5 Å². The van der Waals surface area contributed by atoms with E-state index in [1.165, 1.54) is 4.90 Å². The third-order valence-electron chi connectivity index (χ3n) is 4.53. The van der Waals surface area contributed by atoms with E-state index in [1.807, 2.05) is 30.3 Å². The number of rotatable bonds is 3. The predicted octanol–water partition coefficient (Wildman–Crippen LogP) is 1.69. The minimum Gasteiger partial charge on any atom is -0.481 e. The second-order valence-electron chi connectivity index (χ2n) is 5.91. The summed E-state index contributed by atoms with van der Waals surface area (Å²) in [5.41, 5.74) is 0.853. The van der Waals surface area contributed by atoms with E-state index in [1.54, 1.807) is 19.1 Å². The van der Waals surface area contributed by atoms with Crippen LogP contribution in [-0.2, 0) is 20.9 Å². The molecule has 2 amide bonds. The second kappa shape index (κ2) is 5.40. The molecular formula is C17H17NO4. The van der Waals surface area contributed by atoms with Crippen LogP contribution < -0.4 is 0 Å². The number of benzene rings is 1. The molecule has 0 aromatic heterocycles. The van der Waals surface area contributed by atoms with Gasteiger partial charge in [-0.25, -0.2) is 0 Å². The molecule has 1 aliphatic carbocycles. The quantitative estimate of drug-likeness (QED) is 0.681. The van der Waals surface area contributed by atoms with Gasteiger partial charge in [0.05, 0.1) is 24.3 Å². The molecule has 5 heteroatoms. The molecule has 2 aliphatic rings. The molecule has 3 rings (SSSR count). The fourth-order valence-corrected chi connectivity index (χ4v) is 3.40. The Morgan fingerprint density at radius 1 is 1.14 bits per heavy atom. The number of carboxylic acids is 1. The summed E-state index contributed by atoms with van der Waals surface area (Å²) in [6, 6.07) is 9.23. The van der Waals surface area contributed by atoms with Crippen LogP contribution in [0.5, 0.6) is 0 Å². The molecule has 114 valence electrons. The molecule has 0 unspecified atom stereocenters. The fourth-order valence-electron chi connectivity index (χ4n) is 3.40. The summed E-state index contributed by atoms with van der Waals surface area (Å²) in [4.78, 5) is 37.8. The number of imide groups is 1. The standard InChI is InChI=1S/C17H17NO4/c1-10-7-8-12-14(13(10)17(21)22)16(20)18(15(12)19)9-11-5-3-2-4-6-11/h2-8,10,12-14H,9H2,1H3,(H,21,22)/t10-,12+,13+,14-/m1/s1. The summed E-state index contributed by atoms with van der Waals surface area (Å²) in [7, 11) is 0. The number of aliphatic carboxylic acids is 1. The molecule has 0 radical (unpaired) electrons. The first-order valence-electron chi connectivity index (χ1n) is 7.31. The minimum atomic E-state index is -1.02. The number of hydrogen-bond acceptors (Lipinski definition) is 3. The first-order chi connectivity index (χ1) is 10.5. The van der Waals surface area contributed by atoms with Crippen LogP contribution in [0.3, 0.4) is 0 Å². The average molecular weight is 299 g/mol. The molecule has 1 heterocycles. The van der Waals surface area contributed by atoms with Gasteiger partial charge in [0, 0.05) is 0 Å². The van der Waals surface area contributed by atoms with Gasteiger partial charge in [-0.3, -0.25) is 19.3 Å². The summed E-state index contributed by atoms with van der Waals surface area (Å²) in [6.07, 6.45) is 3.43. The molecule has 1 N–H and O–H groups in total. The first kappa shape index (κ1) is 14.5. The molecule has 1 aromatic rings. The smallest absolute Gasteiger partial charge is 0.307 e. The molecule has 22 heavy (non-hydrogen) atoms. The molecule has 1 fully saturated rings. The Morgan fingerprint density at radius 2 is 1.82 bits per heavy atom. The molecule has 4 atom stereocenters. The normalized spacial score (nSPS) is 30.5. The third-order valence-corrected chi connectivity index (χ3v) is 4.53. The highest BCUT2D eigenvalue weighted by Gasteiger charge is 2.54. The molecule has 0 spiro atoms. The summed E-state index contributed by atoms with van der Waals surface area (Å²) in [6.45, 7) is 1.96. The maximum atomic E-state index is 12.6. The summed E-state index contributed by atoms with van der Waals surface area (Å²) < 4.78 is 0. The molecule has 1 saturated heterocycles. The highest BCUT2D eigenvalue weighted by molar-refractivity contribution is 6.07. The highest BCUT2D eigenvalue weighted by atomic mass is 16.4. The summed E-state index contributed by atoms with van der Waals surface area (Å²) >= 11 is 0. The summed E-state index contributed by atoms with van der Waals surface area (Å²) in [5, 5.41) is 9.42. The second-order valence-corrected chi connectivity index (χ2v) is 5.91. The van der Waals surface area contributed by atoms with Crippen molar-refractivity contribution >= 4 is 17.8 Å². The van der Waals surface area contributed by atoms with Crippen molar-refractivity contribution in [1.82, 2.24) is 4.90 Å². The Labute approximate surface area is 128 Å². The number of amides is 2. The van der Waals surface area contributed by atoms with Crippen molar-refractivity contribution < 1.29 is 19.5 Å². The van der Waals surface area contributed by atoms with E-state index in [-0.39, 0.29) is 24.3 Å². The lowest BCUT2D eigenvalue weighted by molar-refractivity contribution is -0.150. The van der Waals surface area contributed by atoms with Gasteiger partial charge >= 0.3 is 5.97 Å². The van der Waals surface area contributed by atoms with Crippen LogP contribution in [0.25, 0.3) is 0 Å². The molecule has 1 aromatic carbocycles. The van der Waals surface area contributed by atoms with Crippen LogP contribution >= 0.6 is 0 Å². The monoisotopic (exact) mass is 299 g/mol. The van der Waals surface area contributed by atoms with Crippen LogP contribution in [0.15, 0.2) is 42.5 Å². The first-order valence-corrected chi connectivity index (χ1v) is 7.31. The Bertz CT molecular complexity index is 652. The Morgan fingerprint density at radius 3 is 2.45 bits per heavy atom. The van der Waals surface area contributed by atoms with Gasteiger partial charge < -0.3 is 5.11 Å². The number of hydrogen-bond donors (Lipinski definition) is 1. The van der Waals surface area contributed by atoms with Gasteiger partial charge in [0.15, 0.2) is 0 Å². The van der Waals surface area contributed by atoms with Gasteiger partial charge in [0.2, 0.25) is 11.8 Å². The Kier molecular flexibility index (Phi) is 3.56.